The molecule has 4 heteroatoms. The smallest absolute Gasteiger partial charge is 0.211 e. The third kappa shape index (κ3) is 2.14. The SMILES string of the molecule is Cc1ccccc1-c1cnn(-c2nc3ccccc3s2)c1. The first kappa shape index (κ1) is 12.3. The van der Waals surface area contributed by atoms with E-state index in [0.717, 1.165) is 16.2 Å². The summed E-state index contributed by atoms with van der Waals surface area (Å²) in [4.78, 5) is 4.63. The molecule has 4 rings (SSSR count). The zero-order valence-electron chi connectivity index (χ0n) is 11.5. The maximum absolute atomic E-state index is 4.63. The Bertz CT molecular complexity index is 887. The summed E-state index contributed by atoms with van der Waals surface area (Å²) in [6, 6.07) is 16.5. The summed E-state index contributed by atoms with van der Waals surface area (Å²) in [5.74, 6) is 0. The molecule has 0 aliphatic heterocycles. The molecular formula is C17H13N3S. The summed E-state index contributed by atoms with van der Waals surface area (Å²) in [6.45, 7) is 2.12. The minimum absolute atomic E-state index is 0.899. The Morgan fingerprint density at radius 1 is 1.00 bits per heavy atom. The fourth-order valence-corrected chi connectivity index (χ4v) is 3.32. The van der Waals surface area contributed by atoms with E-state index in [-0.39, 0.29) is 0 Å². The van der Waals surface area contributed by atoms with Crippen molar-refractivity contribution in [2.24, 2.45) is 0 Å². The molecule has 21 heavy (non-hydrogen) atoms. The van der Waals surface area contributed by atoms with Crippen LogP contribution in [0.1, 0.15) is 5.56 Å². The first-order valence-electron chi connectivity index (χ1n) is 6.78. The lowest BCUT2D eigenvalue weighted by molar-refractivity contribution is 0.873. The molecule has 0 aliphatic carbocycles. The fraction of sp³-hybridized carbons (Fsp3) is 0.0588. The van der Waals surface area contributed by atoms with Gasteiger partial charge in [-0.05, 0) is 30.2 Å². The first-order valence-corrected chi connectivity index (χ1v) is 7.59. The van der Waals surface area contributed by atoms with Gasteiger partial charge >= 0.3 is 0 Å². The summed E-state index contributed by atoms with van der Waals surface area (Å²) in [7, 11) is 0. The molecule has 3 nitrogen and oxygen atoms in total. The van der Waals surface area contributed by atoms with E-state index in [9.17, 15) is 0 Å². The molecule has 2 aromatic heterocycles. The Hall–Kier alpha value is -2.46. The second-order valence-corrected chi connectivity index (χ2v) is 5.96. The van der Waals surface area contributed by atoms with Crippen LogP contribution >= 0.6 is 11.3 Å². The van der Waals surface area contributed by atoms with Gasteiger partial charge in [-0.1, -0.05) is 47.7 Å². The highest BCUT2D eigenvalue weighted by Crippen LogP contribution is 2.27. The topological polar surface area (TPSA) is 30.7 Å². The van der Waals surface area contributed by atoms with E-state index in [4.69, 9.17) is 0 Å². The summed E-state index contributed by atoms with van der Waals surface area (Å²) >= 11 is 1.65. The van der Waals surface area contributed by atoms with E-state index >= 15 is 0 Å². The normalized spacial score (nSPS) is 11.1. The van der Waals surface area contributed by atoms with Crippen LogP contribution < -0.4 is 0 Å². The molecule has 2 heterocycles. The van der Waals surface area contributed by atoms with E-state index in [1.807, 2.05) is 35.3 Å². The Morgan fingerprint density at radius 3 is 2.67 bits per heavy atom. The number of hydrogen-bond donors (Lipinski definition) is 0. The number of fused-ring (bicyclic) bond motifs is 1. The molecule has 0 atom stereocenters. The van der Waals surface area contributed by atoms with Crippen molar-refractivity contribution < 1.29 is 0 Å². The van der Waals surface area contributed by atoms with Crippen molar-refractivity contribution in [1.29, 1.82) is 0 Å². The van der Waals surface area contributed by atoms with Crippen molar-refractivity contribution in [1.82, 2.24) is 14.8 Å². The molecule has 0 saturated carbocycles. The zero-order chi connectivity index (χ0) is 14.2. The number of hydrogen-bond acceptors (Lipinski definition) is 3. The average molecular weight is 291 g/mol. The minimum atomic E-state index is 0.899. The lowest BCUT2D eigenvalue weighted by Crippen LogP contribution is -1.92. The van der Waals surface area contributed by atoms with Gasteiger partial charge in [0.2, 0.25) is 5.13 Å². The van der Waals surface area contributed by atoms with Crippen molar-refractivity contribution in [3.8, 4) is 16.3 Å². The number of para-hydroxylation sites is 1. The van der Waals surface area contributed by atoms with E-state index in [2.05, 4.69) is 47.3 Å². The second kappa shape index (κ2) is 4.82. The van der Waals surface area contributed by atoms with Crippen LogP contribution in [-0.4, -0.2) is 14.8 Å². The third-order valence-corrected chi connectivity index (χ3v) is 4.54. The molecule has 0 fully saturated rings. The molecule has 0 N–H and O–H groups in total. The highest BCUT2D eigenvalue weighted by atomic mass is 32.1. The van der Waals surface area contributed by atoms with Crippen LogP contribution in [-0.2, 0) is 0 Å². The van der Waals surface area contributed by atoms with Gasteiger partial charge in [-0.2, -0.15) is 5.10 Å². The lowest BCUT2D eigenvalue weighted by atomic mass is 10.0. The number of benzene rings is 2. The minimum Gasteiger partial charge on any atom is -0.218 e. The van der Waals surface area contributed by atoms with Crippen molar-refractivity contribution >= 4 is 21.6 Å². The van der Waals surface area contributed by atoms with Crippen molar-refractivity contribution in [2.75, 3.05) is 0 Å². The number of rotatable bonds is 2. The monoisotopic (exact) mass is 291 g/mol. The Kier molecular flexibility index (Phi) is 2.82. The first-order chi connectivity index (χ1) is 10.3. The van der Waals surface area contributed by atoms with E-state index in [0.29, 0.717) is 0 Å². The van der Waals surface area contributed by atoms with Crippen LogP contribution in [0.5, 0.6) is 0 Å². The Morgan fingerprint density at radius 2 is 1.81 bits per heavy atom. The summed E-state index contributed by atoms with van der Waals surface area (Å²) in [6.07, 6.45) is 3.94. The number of aromatic nitrogens is 3. The quantitative estimate of drug-likeness (QED) is 0.546. The highest BCUT2D eigenvalue weighted by molar-refractivity contribution is 7.20. The van der Waals surface area contributed by atoms with Gasteiger partial charge in [-0.15, -0.1) is 0 Å². The molecule has 0 unspecified atom stereocenters. The van der Waals surface area contributed by atoms with Gasteiger partial charge in [0.15, 0.2) is 0 Å². The van der Waals surface area contributed by atoms with Gasteiger partial charge in [0.05, 0.1) is 16.4 Å². The van der Waals surface area contributed by atoms with Gasteiger partial charge < -0.3 is 0 Å². The largest absolute Gasteiger partial charge is 0.218 e. The van der Waals surface area contributed by atoms with Crippen LogP contribution in [0.25, 0.3) is 26.5 Å². The van der Waals surface area contributed by atoms with Gasteiger partial charge in [0, 0.05) is 11.8 Å². The molecule has 2 aromatic carbocycles. The molecule has 0 amide bonds. The predicted molar refractivity (Wildman–Crippen MR) is 86.9 cm³/mol. The Balaban J connectivity index is 1.79. The summed E-state index contributed by atoms with van der Waals surface area (Å²) in [5.41, 5.74) is 4.60. The third-order valence-electron chi connectivity index (χ3n) is 3.52. The molecule has 0 saturated heterocycles. The number of nitrogens with zero attached hydrogens (tertiary/aromatic N) is 3. The van der Waals surface area contributed by atoms with Gasteiger partial charge in [-0.3, -0.25) is 0 Å². The van der Waals surface area contributed by atoms with Gasteiger partial charge in [0.25, 0.3) is 0 Å². The number of aryl methyl sites for hydroxylation is 1. The van der Waals surface area contributed by atoms with E-state index in [1.165, 1.54) is 15.8 Å². The molecule has 102 valence electrons. The van der Waals surface area contributed by atoms with Crippen molar-refractivity contribution in [3.05, 3.63) is 66.5 Å². The lowest BCUT2D eigenvalue weighted by Gasteiger charge is -2.00. The molecular weight excluding hydrogens is 278 g/mol. The molecule has 4 aromatic rings. The van der Waals surface area contributed by atoms with Crippen LogP contribution in [0.15, 0.2) is 60.9 Å². The maximum Gasteiger partial charge on any atom is 0.211 e. The second-order valence-electron chi connectivity index (χ2n) is 4.95. The van der Waals surface area contributed by atoms with Crippen LogP contribution in [0, 0.1) is 6.92 Å². The van der Waals surface area contributed by atoms with Crippen LogP contribution in [0.4, 0.5) is 0 Å². The standard InChI is InChI=1S/C17H13N3S/c1-12-6-2-3-7-14(12)13-10-18-20(11-13)17-19-15-8-4-5-9-16(15)21-17/h2-11H,1H3. The predicted octanol–water partition coefficient (Wildman–Crippen LogP) is 4.46. The zero-order valence-corrected chi connectivity index (χ0v) is 12.3. The average Bonchev–Trinajstić information content (AvgIpc) is 3.14. The molecule has 0 bridgehead atoms. The highest BCUT2D eigenvalue weighted by Gasteiger charge is 2.09. The van der Waals surface area contributed by atoms with Crippen molar-refractivity contribution in [3.63, 3.8) is 0 Å². The van der Waals surface area contributed by atoms with E-state index < -0.39 is 0 Å². The fourth-order valence-electron chi connectivity index (χ4n) is 2.42. The molecule has 0 radical (unpaired) electrons. The maximum atomic E-state index is 4.63. The molecule has 0 aliphatic rings. The Labute approximate surface area is 126 Å². The summed E-state index contributed by atoms with van der Waals surface area (Å²) < 4.78 is 3.03. The van der Waals surface area contributed by atoms with Crippen LogP contribution in [0.3, 0.4) is 0 Å². The van der Waals surface area contributed by atoms with E-state index in [1.54, 1.807) is 11.3 Å². The summed E-state index contributed by atoms with van der Waals surface area (Å²) in [5, 5.41) is 5.36. The van der Waals surface area contributed by atoms with Crippen LogP contribution in [0.2, 0.25) is 0 Å². The molecule has 0 spiro atoms. The number of thiazole rings is 1. The van der Waals surface area contributed by atoms with Gasteiger partial charge in [0.1, 0.15) is 0 Å². The van der Waals surface area contributed by atoms with Crippen molar-refractivity contribution in [2.45, 2.75) is 6.92 Å². The van der Waals surface area contributed by atoms with Gasteiger partial charge in [-0.25, -0.2) is 9.67 Å².